The van der Waals surface area contributed by atoms with Crippen LogP contribution in [0.25, 0.3) is 0 Å². The van der Waals surface area contributed by atoms with Crippen molar-refractivity contribution in [3.8, 4) is 0 Å². The van der Waals surface area contributed by atoms with Crippen LogP contribution in [0.4, 0.5) is 0 Å². The summed E-state index contributed by atoms with van der Waals surface area (Å²) in [4.78, 5) is 30.8. The Morgan fingerprint density at radius 2 is 1.92 bits per heavy atom. The van der Waals surface area contributed by atoms with Crippen LogP contribution in [0.5, 0.6) is 0 Å². The summed E-state index contributed by atoms with van der Waals surface area (Å²) in [5.74, 6) is 0.634. The molecular weight excluding hydrogens is 326 g/mol. The maximum atomic E-state index is 12.5. The van der Waals surface area contributed by atoms with Crippen molar-refractivity contribution in [2.75, 3.05) is 13.1 Å². The molecule has 0 unspecified atom stereocenters. The third-order valence-electron chi connectivity index (χ3n) is 5.08. The lowest BCUT2D eigenvalue weighted by Crippen LogP contribution is -2.41. The second-order valence-corrected chi connectivity index (χ2v) is 7.11. The summed E-state index contributed by atoms with van der Waals surface area (Å²) in [6.07, 6.45) is 6.36. The van der Waals surface area contributed by atoms with Crippen LogP contribution in [0, 0.1) is 5.92 Å². The highest BCUT2D eigenvalue weighted by atomic mass is 16.2. The van der Waals surface area contributed by atoms with E-state index in [-0.39, 0.29) is 18.0 Å². The molecule has 5 nitrogen and oxygen atoms in total. The fraction of sp³-hybridized carbons (Fsp3) is 0.476. The molecule has 0 atom stereocenters. The first-order valence-electron chi connectivity index (χ1n) is 9.52. The summed E-state index contributed by atoms with van der Waals surface area (Å²) in [7, 11) is 0. The third kappa shape index (κ3) is 4.81. The lowest BCUT2D eigenvalue weighted by Gasteiger charge is -2.32. The second-order valence-electron chi connectivity index (χ2n) is 7.11. The minimum Gasteiger partial charge on any atom is -0.341 e. The van der Waals surface area contributed by atoms with Crippen molar-refractivity contribution in [3.63, 3.8) is 0 Å². The van der Waals surface area contributed by atoms with E-state index >= 15 is 0 Å². The Bertz CT molecular complexity index is 777. The van der Waals surface area contributed by atoms with E-state index in [1.807, 2.05) is 11.0 Å². The number of nitrogens with zero attached hydrogens (tertiary/aromatic N) is 3. The summed E-state index contributed by atoms with van der Waals surface area (Å²) in [6.45, 7) is 3.68. The Morgan fingerprint density at radius 3 is 2.58 bits per heavy atom. The summed E-state index contributed by atoms with van der Waals surface area (Å²) < 4.78 is 1.41. The Balaban J connectivity index is 1.51. The lowest BCUT2D eigenvalue weighted by molar-refractivity contribution is -0.133. The molecule has 0 radical (unpaired) electrons. The van der Waals surface area contributed by atoms with Gasteiger partial charge in [-0.25, -0.2) is 4.98 Å². The van der Waals surface area contributed by atoms with Gasteiger partial charge in [0, 0.05) is 24.8 Å². The Morgan fingerprint density at radius 1 is 1.19 bits per heavy atom. The van der Waals surface area contributed by atoms with E-state index in [2.05, 4.69) is 36.2 Å². The number of amides is 1. The molecule has 1 aliphatic rings. The smallest absolute Gasteiger partial charge is 0.253 e. The van der Waals surface area contributed by atoms with Crippen LogP contribution in [-0.2, 0) is 24.2 Å². The van der Waals surface area contributed by atoms with Crippen LogP contribution in [-0.4, -0.2) is 33.4 Å². The predicted molar refractivity (Wildman–Crippen MR) is 102 cm³/mol. The maximum absolute atomic E-state index is 12.5. The van der Waals surface area contributed by atoms with Crippen molar-refractivity contribution in [3.05, 3.63) is 64.3 Å². The van der Waals surface area contributed by atoms with Crippen LogP contribution in [0.15, 0.2) is 47.5 Å². The molecule has 0 saturated carbocycles. The Labute approximate surface area is 154 Å². The van der Waals surface area contributed by atoms with E-state index < -0.39 is 0 Å². The van der Waals surface area contributed by atoms with Gasteiger partial charge in [-0.3, -0.25) is 14.2 Å². The third-order valence-corrected chi connectivity index (χ3v) is 5.08. The molecule has 1 aliphatic heterocycles. The van der Waals surface area contributed by atoms with Gasteiger partial charge in [0.25, 0.3) is 5.56 Å². The molecule has 3 rings (SSSR count). The maximum Gasteiger partial charge on any atom is 0.253 e. The number of likely N-dealkylation sites (tertiary alicyclic amines) is 1. The first-order valence-corrected chi connectivity index (χ1v) is 9.52. The van der Waals surface area contributed by atoms with Gasteiger partial charge in [-0.15, -0.1) is 0 Å². The molecule has 1 saturated heterocycles. The van der Waals surface area contributed by atoms with Crippen LogP contribution in [0.3, 0.4) is 0 Å². The van der Waals surface area contributed by atoms with Gasteiger partial charge in [0.1, 0.15) is 6.54 Å². The number of carbonyl (C=O) groups excluding carboxylic acids is 1. The number of benzene rings is 1. The van der Waals surface area contributed by atoms with Gasteiger partial charge in [0.2, 0.25) is 5.91 Å². The molecule has 1 amide bonds. The topological polar surface area (TPSA) is 55.2 Å². The van der Waals surface area contributed by atoms with Gasteiger partial charge < -0.3 is 4.90 Å². The molecule has 0 aliphatic carbocycles. The van der Waals surface area contributed by atoms with Gasteiger partial charge in [-0.2, -0.15) is 0 Å². The molecule has 1 aromatic heterocycles. The molecule has 5 heteroatoms. The monoisotopic (exact) mass is 353 g/mol. The average molecular weight is 353 g/mol. The number of hydrogen-bond donors (Lipinski definition) is 0. The van der Waals surface area contributed by atoms with Gasteiger partial charge >= 0.3 is 0 Å². The summed E-state index contributed by atoms with van der Waals surface area (Å²) >= 11 is 0. The molecule has 1 fully saturated rings. The largest absolute Gasteiger partial charge is 0.341 e. The number of carbonyl (C=O) groups is 1. The zero-order valence-corrected chi connectivity index (χ0v) is 15.4. The fourth-order valence-corrected chi connectivity index (χ4v) is 3.55. The van der Waals surface area contributed by atoms with E-state index in [9.17, 15) is 9.59 Å². The quantitative estimate of drug-likeness (QED) is 0.802. The van der Waals surface area contributed by atoms with Crippen molar-refractivity contribution in [2.45, 2.75) is 45.6 Å². The van der Waals surface area contributed by atoms with Crippen LogP contribution < -0.4 is 5.56 Å². The number of aryl methyl sites for hydroxylation is 1. The predicted octanol–water partition coefficient (Wildman–Crippen LogP) is 2.68. The van der Waals surface area contributed by atoms with Gasteiger partial charge in [0.05, 0.1) is 6.33 Å². The van der Waals surface area contributed by atoms with Crippen molar-refractivity contribution in [1.82, 2.24) is 14.5 Å². The summed E-state index contributed by atoms with van der Waals surface area (Å²) in [5.41, 5.74) is 2.01. The van der Waals surface area contributed by atoms with Crippen molar-refractivity contribution in [1.29, 1.82) is 0 Å². The number of rotatable bonds is 6. The minimum atomic E-state index is -0.143. The molecule has 2 aromatic rings. The van der Waals surface area contributed by atoms with Crippen molar-refractivity contribution < 1.29 is 4.79 Å². The number of aromatic nitrogens is 2. The molecule has 1 aromatic carbocycles. The van der Waals surface area contributed by atoms with Gasteiger partial charge in [0.15, 0.2) is 0 Å². The lowest BCUT2D eigenvalue weighted by atomic mass is 9.90. The van der Waals surface area contributed by atoms with Crippen molar-refractivity contribution in [2.24, 2.45) is 5.92 Å². The van der Waals surface area contributed by atoms with E-state index in [1.54, 1.807) is 6.07 Å². The van der Waals surface area contributed by atoms with Crippen LogP contribution >= 0.6 is 0 Å². The van der Waals surface area contributed by atoms with Crippen LogP contribution in [0.2, 0.25) is 0 Å². The highest BCUT2D eigenvalue weighted by molar-refractivity contribution is 5.76. The highest BCUT2D eigenvalue weighted by Gasteiger charge is 2.23. The molecule has 2 heterocycles. The first kappa shape index (κ1) is 18.4. The summed E-state index contributed by atoms with van der Waals surface area (Å²) in [6, 6.07) is 12.1. The van der Waals surface area contributed by atoms with E-state index in [0.717, 1.165) is 50.9 Å². The fourth-order valence-electron chi connectivity index (χ4n) is 3.55. The molecule has 26 heavy (non-hydrogen) atoms. The minimum absolute atomic E-state index is 0.00954. The molecule has 0 N–H and O–H groups in total. The van der Waals surface area contributed by atoms with E-state index in [1.165, 1.54) is 16.5 Å². The summed E-state index contributed by atoms with van der Waals surface area (Å²) in [5, 5.41) is 0. The zero-order chi connectivity index (χ0) is 18.4. The molecule has 0 spiro atoms. The Kier molecular flexibility index (Phi) is 6.21. The standard InChI is InChI=1S/C21H27N3O2/c1-2-6-19-14-20(25)24(16-22-19)15-21(26)23-11-9-18(10-12-23)13-17-7-4-3-5-8-17/h3-5,7-8,14,16,18H,2,6,9-13,15H2,1H3. The van der Waals surface area contributed by atoms with Crippen molar-refractivity contribution >= 4 is 5.91 Å². The molecule has 138 valence electrons. The highest BCUT2D eigenvalue weighted by Crippen LogP contribution is 2.21. The second kappa shape index (κ2) is 8.79. The molecule has 0 bridgehead atoms. The van der Waals surface area contributed by atoms with E-state index in [4.69, 9.17) is 0 Å². The molecular formula is C21H27N3O2. The van der Waals surface area contributed by atoms with E-state index in [0.29, 0.717) is 5.92 Å². The number of piperidine rings is 1. The van der Waals surface area contributed by atoms with Crippen LogP contribution in [0.1, 0.15) is 37.4 Å². The SMILES string of the molecule is CCCc1cc(=O)n(CC(=O)N2CCC(Cc3ccccc3)CC2)cn1. The first-order chi connectivity index (χ1) is 12.7. The van der Waals surface area contributed by atoms with Gasteiger partial charge in [-0.1, -0.05) is 43.7 Å². The zero-order valence-electron chi connectivity index (χ0n) is 15.4. The Hall–Kier alpha value is -2.43. The normalized spacial score (nSPS) is 15.2. The van der Waals surface area contributed by atoms with Gasteiger partial charge in [-0.05, 0) is 37.2 Å². The number of hydrogen-bond acceptors (Lipinski definition) is 3. The average Bonchev–Trinajstić information content (AvgIpc) is 2.65.